The summed E-state index contributed by atoms with van der Waals surface area (Å²) < 4.78 is 27.0. The topological polar surface area (TPSA) is 52.9 Å². The third kappa shape index (κ3) is 3.85. The molecule has 0 saturated heterocycles. The van der Waals surface area contributed by atoms with Crippen LogP contribution in [0, 0.1) is 0 Å². The van der Waals surface area contributed by atoms with Gasteiger partial charge in [-0.15, -0.1) is 11.8 Å². The minimum Gasteiger partial charge on any atom is -0.364 e. The SMILES string of the molecule is CC1=NN(C(=O)CSCc2ccc(Br)cc2)[C@@](O)(C(F)F)C1. The maximum Gasteiger partial charge on any atom is 0.287 e. The fraction of sp³-hybridized carbons (Fsp3) is 0.429. The predicted octanol–water partition coefficient (Wildman–Crippen LogP) is 3.24. The standard InChI is InChI=1S/C14H15BrF2N2O2S/c1-9-6-14(21,13(16)17)19(18-9)12(20)8-22-7-10-2-4-11(15)5-3-10/h2-5,13,21H,6-8H2,1H3/t14-/m0/s1. The second-order valence-corrected chi connectivity index (χ2v) is 6.92. The largest absolute Gasteiger partial charge is 0.364 e. The van der Waals surface area contributed by atoms with Gasteiger partial charge in [0.15, 0.2) is 0 Å². The molecule has 0 saturated carbocycles. The summed E-state index contributed by atoms with van der Waals surface area (Å²) in [5.74, 6) is -0.0772. The fourth-order valence-electron chi connectivity index (χ4n) is 2.08. The van der Waals surface area contributed by atoms with E-state index in [1.807, 2.05) is 24.3 Å². The van der Waals surface area contributed by atoms with Crippen LogP contribution in [-0.2, 0) is 10.5 Å². The van der Waals surface area contributed by atoms with Crippen molar-refractivity contribution in [3.05, 3.63) is 34.3 Å². The lowest BCUT2D eigenvalue weighted by Gasteiger charge is -2.29. The van der Waals surface area contributed by atoms with Gasteiger partial charge in [0.2, 0.25) is 5.72 Å². The van der Waals surface area contributed by atoms with Crippen molar-refractivity contribution < 1.29 is 18.7 Å². The van der Waals surface area contributed by atoms with Crippen molar-refractivity contribution in [3.8, 4) is 0 Å². The highest BCUT2D eigenvalue weighted by atomic mass is 79.9. The lowest BCUT2D eigenvalue weighted by molar-refractivity contribution is -0.190. The summed E-state index contributed by atoms with van der Waals surface area (Å²) in [6.45, 7) is 1.51. The van der Waals surface area contributed by atoms with E-state index in [-0.39, 0.29) is 12.2 Å². The van der Waals surface area contributed by atoms with Crippen molar-refractivity contribution in [1.82, 2.24) is 5.01 Å². The number of amides is 1. The van der Waals surface area contributed by atoms with E-state index < -0.39 is 18.1 Å². The molecule has 0 aliphatic carbocycles. The number of nitrogens with zero attached hydrogens (tertiary/aromatic N) is 2. The Kier molecular flexibility index (Phi) is 5.57. The van der Waals surface area contributed by atoms with Crippen LogP contribution in [0.25, 0.3) is 0 Å². The number of hydrazone groups is 1. The van der Waals surface area contributed by atoms with E-state index in [2.05, 4.69) is 21.0 Å². The van der Waals surface area contributed by atoms with E-state index in [1.165, 1.54) is 18.7 Å². The minimum atomic E-state index is -3.06. The third-order valence-corrected chi connectivity index (χ3v) is 4.66. The smallest absolute Gasteiger partial charge is 0.287 e. The molecule has 1 aromatic rings. The summed E-state index contributed by atoms with van der Waals surface area (Å²) in [5.41, 5.74) is -1.18. The molecule has 1 aliphatic heterocycles. The van der Waals surface area contributed by atoms with Crippen molar-refractivity contribution in [3.63, 3.8) is 0 Å². The van der Waals surface area contributed by atoms with E-state index >= 15 is 0 Å². The van der Waals surface area contributed by atoms with Crippen LogP contribution >= 0.6 is 27.7 Å². The second-order valence-electron chi connectivity index (χ2n) is 5.02. The van der Waals surface area contributed by atoms with E-state index in [1.54, 1.807) is 0 Å². The highest BCUT2D eigenvalue weighted by molar-refractivity contribution is 9.10. The molecule has 0 spiro atoms. The van der Waals surface area contributed by atoms with E-state index in [4.69, 9.17) is 0 Å². The van der Waals surface area contributed by atoms with Crippen molar-refractivity contribution in [2.45, 2.75) is 31.2 Å². The molecule has 1 aromatic carbocycles. The van der Waals surface area contributed by atoms with Crippen molar-refractivity contribution in [2.75, 3.05) is 5.75 Å². The monoisotopic (exact) mass is 392 g/mol. The average Bonchev–Trinajstić information content (AvgIpc) is 2.77. The normalized spacial score (nSPS) is 21.4. The number of benzene rings is 1. The second kappa shape index (κ2) is 7.06. The molecular formula is C14H15BrF2N2O2S. The highest BCUT2D eigenvalue weighted by Gasteiger charge is 2.50. The average molecular weight is 393 g/mol. The first-order chi connectivity index (χ1) is 10.3. The zero-order valence-electron chi connectivity index (χ0n) is 11.8. The lowest BCUT2D eigenvalue weighted by Crippen LogP contribution is -2.52. The zero-order chi connectivity index (χ0) is 16.3. The summed E-state index contributed by atoms with van der Waals surface area (Å²) in [7, 11) is 0. The first-order valence-corrected chi connectivity index (χ1v) is 8.47. The summed E-state index contributed by atoms with van der Waals surface area (Å²) in [4.78, 5) is 12.1. The van der Waals surface area contributed by atoms with Gasteiger partial charge in [0.05, 0.1) is 5.75 Å². The van der Waals surface area contributed by atoms with E-state index in [9.17, 15) is 18.7 Å². The summed E-state index contributed by atoms with van der Waals surface area (Å²) in [6, 6.07) is 7.60. The van der Waals surface area contributed by atoms with Crippen LogP contribution in [0.5, 0.6) is 0 Å². The molecule has 1 amide bonds. The maximum absolute atomic E-state index is 13.0. The molecule has 0 fully saturated rings. The van der Waals surface area contributed by atoms with Gasteiger partial charge in [-0.25, -0.2) is 8.78 Å². The number of carbonyl (C=O) groups is 1. The molecular weight excluding hydrogens is 378 g/mol. The number of hydrogen-bond acceptors (Lipinski definition) is 4. The Morgan fingerprint density at radius 3 is 2.73 bits per heavy atom. The first kappa shape index (κ1) is 17.4. The fourth-order valence-corrected chi connectivity index (χ4v) is 3.17. The highest BCUT2D eigenvalue weighted by Crippen LogP contribution is 2.32. The van der Waals surface area contributed by atoms with Gasteiger partial charge in [-0.3, -0.25) is 4.79 Å². The van der Waals surface area contributed by atoms with Crippen LogP contribution in [0.15, 0.2) is 33.8 Å². The van der Waals surface area contributed by atoms with Gasteiger partial charge in [-0.2, -0.15) is 10.1 Å². The number of aliphatic hydroxyl groups is 1. The number of halogens is 3. The van der Waals surface area contributed by atoms with Gasteiger partial charge < -0.3 is 5.11 Å². The van der Waals surface area contributed by atoms with Crippen LogP contribution in [-0.4, -0.2) is 39.6 Å². The lowest BCUT2D eigenvalue weighted by atomic mass is 10.1. The van der Waals surface area contributed by atoms with Gasteiger partial charge in [-0.1, -0.05) is 28.1 Å². The molecule has 0 radical (unpaired) electrons. The molecule has 1 heterocycles. The molecule has 2 rings (SSSR count). The Morgan fingerprint density at radius 2 is 2.14 bits per heavy atom. The molecule has 22 heavy (non-hydrogen) atoms. The van der Waals surface area contributed by atoms with E-state index in [0.29, 0.717) is 16.5 Å². The van der Waals surface area contributed by atoms with Crippen LogP contribution in [0.4, 0.5) is 8.78 Å². The molecule has 1 atom stereocenters. The molecule has 0 bridgehead atoms. The minimum absolute atomic E-state index is 0.0259. The van der Waals surface area contributed by atoms with Crippen LogP contribution in [0.3, 0.4) is 0 Å². The molecule has 0 aromatic heterocycles. The quantitative estimate of drug-likeness (QED) is 0.836. The van der Waals surface area contributed by atoms with Crippen molar-refractivity contribution in [2.24, 2.45) is 5.10 Å². The third-order valence-electron chi connectivity index (χ3n) is 3.15. The van der Waals surface area contributed by atoms with Gasteiger partial charge in [0.1, 0.15) is 0 Å². The van der Waals surface area contributed by atoms with Crippen LogP contribution < -0.4 is 0 Å². The summed E-state index contributed by atoms with van der Waals surface area (Å²) in [5, 5.41) is 14.2. The number of rotatable bonds is 5. The first-order valence-electron chi connectivity index (χ1n) is 6.53. The van der Waals surface area contributed by atoms with Crippen molar-refractivity contribution >= 4 is 39.3 Å². The Labute approximate surface area is 139 Å². The molecule has 8 heteroatoms. The number of carbonyl (C=O) groups excluding carboxylic acids is 1. The van der Waals surface area contributed by atoms with Crippen LogP contribution in [0.2, 0.25) is 0 Å². The maximum atomic E-state index is 13.0. The summed E-state index contributed by atoms with van der Waals surface area (Å²) in [6.07, 6.45) is -3.39. The number of alkyl halides is 2. The molecule has 1 aliphatic rings. The van der Waals surface area contributed by atoms with E-state index in [0.717, 1.165) is 10.0 Å². The predicted molar refractivity (Wildman–Crippen MR) is 85.8 cm³/mol. The molecule has 4 nitrogen and oxygen atoms in total. The van der Waals surface area contributed by atoms with Gasteiger partial charge in [-0.05, 0) is 24.6 Å². The number of hydrogen-bond donors (Lipinski definition) is 1. The Bertz CT molecular complexity index is 583. The summed E-state index contributed by atoms with van der Waals surface area (Å²) >= 11 is 4.62. The van der Waals surface area contributed by atoms with Crippen molar-refractivity contribution in [1.29, 1.82) is 0 Å². The van der Waals surface area contributed by atoms with Gasteiger partial charge in [0.25, 0.3) is 12.3 Å². The Balaban J connectivity index is 1.92. The van der Waals surface area contributed by atoms with Crippen LogP contribution in [0.1, 0.15) is 18.9 Å². The molecule has 1 N–H and O–H groups in total. The Morgan fingerprint density at radius 1 is 1.50 bits per heavy atom. The van der Waals surface area contributed by atoms with Gasteiger partial charge >= 0.3 is 0 Å². The molecule has 120 valence electrons. The van der Waals surface area contributed by atoms with Gasteiger partial charge in [0, 0.05) is 22.4 Å². The zero-order valence-corrected chi connectivity index (χ0v) is 14.2. The molecule has 0 unspecified atom stereocenters. The number of thioether (sulfide) groups is 1. The Hall–Kier alpha value is -0.990.